The van der Waals surface area contributed by atoms with Gasteiger partial charge in [0.2, 0.25) is 0 Å². The molecule has 0 unspecified atom stereocenters. The molecule has 0 atom stereocenters. The first-order valence-electron chi connectivity index (χ1n) is 5.55. The summed E-state index contributed by atoms with van der Waals surface area (Å²) < 4.78 is 2.36. The van der Waals surface area contributed by atoms with Crippen molar-refractivity contribution in [2.75, 3.05) is 0 Å². The zero-order valence-electron chi connectivity index (χ0n) is 8.69. The monoisotopic (exact) mass is 198 g/mol. The Morgan fingerprint density at radius 2 is 1.93 bits per heavy atom. The largest absolute Gasteiger partial charge is 0.328 e. The second-order valence-electron chi connectivity index (χ2n) is 4.05. The molecule has 0 saturated heterocycles. The molecule has 15 heavy (non-hydrogen) atoms. The molecule has 1 aliphatic heterocycles. The maximum Gasteiger partial charge on any atom is 0.140 e. The van der Waals surface area contributed by atoms with Gasteiger partial charge in [0.25, 0.3) is 0 Å². The van der Waals surface area contributed by atoms with Gasteiger partial charge in [-0.2, -0.15) is 0 Å². The van der Waals surface area contributed by atoms with E-state index in [-0.39, 0.29) is 0 Å². The highest BCUT2D eigenvalue weighted by molar-refractivity contribution is 5.55. The number of rotatable bonds is 1. The molecule has 1 aliphatic rings. The van der Waals surface area contributed by atoms with E-state index >= 15 is 0 Å². The summed E-state index contributed by atoms with van der Waals surface area (Å²) in [6, 6.07) is 10.4. The van der Waals surface area contributed by atoms with Gasteiger partial charge >= 0.3 is 0 Å². The third-order valence-electron chi connectivity index (χ3n) is 3.03. The van der Waals surface area contributed by atoms with E-state index in [1.807, 2.05) is 12.3 Å². The molecule has 2 nitrogen and oxygen atoms in total. The first-order valence-corrected chi connectivity index (χ1v) is 5.55. The fraction of sp³-hybridized carbons (Fsp3) is 0.308. The molecule has 1 aromatic carbocycles. The van der Waals surface area contributed by atoms with E-state index in [0.29, 0.717) is 0 Å². The number of fused-ring (bicyclic) bond motifs is 1. The Labute approximate surface area is 89.6 Å². The lowest BCUT2D eigenvalue weighted by molar-refractivity contribution is 0.536. The molecule has 2 aromatic rings. The third-order valence-corrected chi connectivity index (χ3v) is 3.03. The maximum absolute atomic E-state index is 4.53. The quantitative estimate of drug-likeness (QED) is 0.689. The lowest BCUT2D eigenvalue weighted by Gasteiger charge is -2.16. The summed E-state index contributed by atoms with van der Waals surface area (Å²) in [5.41, 5.74) is 2.62. The van der Waals surface area contributed by atoms with Gasteiger partial charge in [0.05, 0.1) is 0 Å². The van der Waals surface area contributed by atoms with Crippen molar-refractivity contribution >= 4 is 0 Å². The van der Waals surface area contributed by atoms with Crippen molar-refractivity contribution in [3.05, 3.63) is 42.2 Å². The van der Waals surface area contributed by atoms with Crippen LogP contribution in [0.15, 0.2) is 36.5 Å². The molecular formula is C13H14N2. The van der Waals surface area contributed by atoms with Gasteiger partial charge in [-0.15, -0.1) is 0 Å². The van der Waals surface area contributed by atoms with Crippen LogP contribution in [0, 0.1) is 0 Å². The zero-order valence-corrected chi connectivity index (χ0v) is 8.69. The Balaban J connectivity index is 2.09. The highest BCUT2D eigenvalue weighted by atomic mass is 15.1. The predicted molar refractivity (Wildman–Crippen MR) is 60.6 cm³/mol. The first-order chi connectivity index (χ1) is 7.45. The molecule has 76 valence electrons. The van der Waals surface area contributed by atoms with Crippen molar-refractivity contribution < 1.29 is 0 Å². The van der Waals surface area contributed by atoms with Gasteiger partial charge in [-0.3, -0.25) is 0 Å². The number of aryl methyl sites for hydroxylation is 1. The summed E-state index contributed by atoms with van der Waals surface area (Å²) in [5, 5.41) is 0. The highest BCUT2D eigenvalue weighted by Gasteiger charge is 2.14. The molecule has 2 heterocycles. The topological polar surface area (TPSA) is 17.8 Å². The second kappa shape index (κ2) is 3.54. The summed E-state index contributed by atoms with van der Waals surface area (Å²) in [5.74, 6) is 1.13. The molecule has 0 bridgehead atoms. The number of hydrogen-bond acceptors (Lipinski definition) is 1. The van der Waals surface area contributed by atoms with Gasteiger partial charge in [0.15, 0.2) is 0 Å². The van der Waals surface area contributed by atoms with Crippen LogP contribution in [0.2, 0.25) is 0 Å². The summed E-state index contributed by atoms with van der Waals surface area (Å²) in [6.07, 6.45) is 5.80. The first kappa shape index (κ1) is 8.72. The van der Waals surface area contributed by atoms with E-state index in [2.05, 4.69) is 33.8 Å². The van der Waals surface area contributed by atoms with Crippen LogP contribution in [0.1, 0.15) is 18.5 Å². The normalized spacial score (nSPS) is 14.9. The predicted octanol–water partition coefficient (Wildman–Crippen LogP) is 2.89. The standard InChI is InChI=1S/C13H14N2/c1-2-6-11(7-3-1)13-14-10-12-8-4-5-9-15(12)13/h1-3,6-7,10H,4-5,8-9H2. The van der Waals surface area contributed by atoms with E-state index in [1.54, 1.807) is 0 Å². The van der Waals surface area contributed by atoms with Crippen molar-refractivity contribution in [3.63, 3.8) is 0 Å². The van der Waals surface area contributed by atoms with Crippen LogP contribution in [0.25, 0.3) is 11.4 Å². The van der Waals surface area contributed by atoms with Gasteiger partial charge in [-0.1, -0.05) is 30.3 Å². The Morgan fingerprint density at radius 3 is 2.80 bits per heavy atom. The Kier molecular flexibility index (Phi) is 2.05. The third kappa shape index (κ3) is 1.46. The second-order valence-corrected chi connectivity index (χ2v) is 4.05. The van der Waals surface area contributed by atoms with E-state index in [0.717, 1.165) is 12.4 Å². The maximum atomic E-state index is 4.53. The molecule has 0 radical (unpaired) electrons. The summed E-state index contributed by atoms with van der Waals surface area (Å²) in [4.78, 5) is 4.53. The number of hydrogen-bond donors (Lipinski definition) is 0. The molecule has 0 saturated carbocycles. The van der Waals surface area contributed by atoms with Crippen LogP contribution >= 0.6 is 0 Å². The fourth-order valence-electron chi connectivity index (χ4n) is 2.25. The van der Waals surface area contributed by atoms with Crippen LogP contribution in [0.3, 0.4) is 0 Å². The Morgan fingerprint density at radius 1 is 1.07 bits per heavy atom. The minimum Gasteiger partial charge on any atom is -0.328 e. The average molecular weight is 198 g/mol. The smallest absolute Gasteiger partial charge is 0.140 e. The van der Waals surface area contributed by atoms with Gasteiger partial charge in [-0.05, 0) is 19.3 Å². The minimum absolute atomic E-state index is 1.12. The molecule has 0 amide bonds. The van der Waals surface area contributed by atoms with Gasteiger partial charge in [0, 0.05) is 24.0 Å². The highest BCUT2D eigenvalue weighted by Crippen LogP contribution is 2.23. The van der Waals surface area contributed by atoms with Crippen molar-refractivity contribution in [1.29, 1.82) is 0 Å². The Hall–Kier alpha value is -1.57. The van der Waals surface area contributed by atoms with Gasteiger partial charge in [0.1, 0.15) is 5.82 Å². The van der Waals surface area contributed by atoms with E-state index < -0.39 is 0 Å². The molecule has 0 fully saturated rings. The lowest BCUT2D eigenvalue weighted by atomic mass is 10.1. The van der Waals surface area contributed by atoms with Crippen molar-refractivity contribution in [1.82, 2.24) is 9.55 Å². The van der Waals surface area contributed by atoms with Crippen molar-refractivity contribution in [2.45, 2.75) is 25.8 Å². The average Bonchev–Trinajstić information content (AvgIpc) is 2.74. The number of nitrogens with zero attached hydrogens (tertiary/aromatic N) is 2. The van der Waals surface area contributed by atoms with E-state index in [1.165, 1.54) is 30.5 Å². The molecule has 0 N–H and O–H groups in total. The van der Waals surface area contributed by atoms with Crippen LogP contribution in [0.4, 0.5) is 0 Å². The molecule has 1 aromatic heterocycles. The molecule has 0 aliphatic carbocycles. The molecule has 0 spiro atoms. The number of aromatic nitrogens is 2. The van der Waals surface area contributed by atoms with E-state index in [4.69, 9.17) is 0 Å². The number of benzene rings is 1. The lowest BCUT2D eigenvalue weighted by Crippen LogP contribution is -2.10. The van der Waals surface area contributed by atoms with Crippen molar-refractivity contribution in [3.8, 4) is 11.4 Å². The van der Waals surface area contributed by atoms with Crippen LogP contribution in [0.5, 0.6) is 0 Å². The van der Waals surface area contributed by atoms with Crippen LogP contribution in [-0.2, 0) is 13.0 Å². The van der Waals surface area contributed by atoms with Gasteiger partial charge in [-0.25, -0.2) is 4.98 Å². The summed E-state index contributed by atoms with van der Waals surface area (Å²) in [7, 11) is 0. The van der Waals surface area contributed by atoms with Crippen LogP contribution in [-0.4, -0.2) is 9.55 Å². The Bertz CT molecular complexity index is 457. The molecule has 2 heteroatoms. The molecular weight excluding hydrogens is 184 g/mol. The van der Waals surface area contributed by atoms with Crippen molar-refractivity contribution in [2.24, 2.45) is 0 Å². The summed E-state index contributed by atoms with van der Waals surface area (Å²) >= 11 is 0. The molecule has 3 rings (SSSR count). The van der Waals surface area contributed by atoms with E-state index in [9.17, 15) is 0 Å². The SMILES string of the molecule is c1ccc(-c2ncc3n2CCCC3)cc1. The minimum atomic E-state index is 1.12. The van der Waals surface area contributed by atoms with Crippen LogP contribution < -0.4 is 0 Å². The zero-order chi connectivity index (χ0) is 10.1. The fourth-order valence-corrected chi connectivity index (χ4v) is 2.25. The number of imidazole rings is 1. The summed E-state index contributed by atoms with van der Waals surface area (Å²) in [6.45, 7) is 1.12. The van der Waals surface area contributed by atoms with Gasteiger partial charge < -0.3 is 4.57 Å².